The van der Waals surface area contributed by atoms with Crippen LogP contribution < -0.4 is 5.73 Å². The van der Waals surface area contributed by atoms with Crippen molar-refractivity contribution in [3.63, 3.8) is 0 Å². The molecule has 0 heterocycles. The summed E-state index contributed by atoms with van der Waals surface area (Å²) in [6.07, 6.45) is 7.64. The Balaban J connectivity index is 1.94. The fourth-order valence-corrected chi connectivity index (χ4v) is 2.78. The van der Waals surface area contributed by atoms with Gasteiger partial charge in [0.15, 0.2) is 0 Å². The number of fused-ring (bicyclic) bond motifs is 1. The van der Waals surface area contributed by atoms with Crippen LogP contribution in [0.3, 0.4) is 0 Å². The molecule has 0 spiro atoms. The van der Waals surface area contributed by atoms with Crippen LogP contribution in [0.1, 0.15) is 25.7 Å². The van der Waals surface area contributed by atoms with Crippen molar-refractivity contribution in [3.8, 4) is 0 Å². The molecule has 3 atom stereocenters. The Bertz CT molecular complexity index is 152. The Labute approximate surface area is 68.7 Å². The van der Waals surface area contributed by atoms with Crippen molar-refractivity contribution in [2.45, 2.75) is 31.7 Å². The summed E-state index contributed by atoms with van der Waals surface area (Å²) >= 11 is 0. The summed E-state index contributed by atoms with van der Waals surface area (Å²) in [5.41, 5.74) is 5.92. The molecule has 2 aliphatic carbocycles. The number of rotatable bonds is 2. The quantitative estimate of drug-likeness (QED) is 0.600. The molecule has 2 saturated carbocycles. The van der Waals surface area contributed by atoms with E-state index in [0.717, 1.165) is 17.8 Å². The van der Waals surface area contributed by atoms with Crippen LogP contribution in [0.25, 0.3) is 0 Å². The monoisotopic (exact) mass is 151 g/mol. The second kappa shape index (κ2) is 2.63. The summed E-state index contributed by atoms with van der Waals surface area (Å²) < 4.78 is 0. The predicted octanol–water partition coefficient (Wildman–Crippen LogP) is 1.94. The summed E-state index contributed by atoms with van der Waals surface area (Å²) in [6.45, 7) is 3.75. The van der Waals surface area contributed by atoms with Crippen molar-refractivity contribution < 1.29 is 0 Å². The predicted molar refractivity (Wildman–Crippen MR) is 47.1 cm³/mol. The molecule has 1 heteroatoms. The van der Waals surface area contributed by atoms with Crippen molar-refractivity contribution in [3.05, 3.63) is 12.7 Å². The molecule has 2 rings (SSSR count). The molecule has 11 heavy (non-hydrogen) atoms. The number of nitrogens with two attached hydrogens (primary N) is 1. The van der Waals surface area contributed by atoms with Gasteiger partial charge in [0.2, 0.25) is 0 Å². The molecule has 3 unspecified atom stereocenters. The molecule has 2 aliphatic rings. The van der Waals surface area contributed by atoms with Crippen LogP contribution in [-0.4, -0.2) is 6.04 Å². The van der Waals surface area contributed by atoms with E-state index in [1.54, 1.807) is 0 Å². The largest absolute Gasteiger partial charge is 0.324 e. The second-order valence-corrected chi connectivity index (χ2v) is 4.00. The van der Waals surface area contributed by atoms with Crippen LogP contribution in [0.15, 0.2) is 12.7 Å². The Kier molecular flexibility index (Phi) is 1.76. The summed E-state index contributed by atoms with van der Waals surface area (Å²) in [5.74, 6) is 2.74. The lowest BCUT2D eigenvalue weighted by molar-refractivity contribution is 0.480. The van der Waals surface area contributed by atoms with E-state index in [0.29, 0.717) is 0 Å². The van der Waals surface area contributed by atoms with Gasteiger partial charge in [-0.3, -0.25) is 0 Å². The maximum atomic E-state index is 5.92. The molecular formula is C10H17N. The van der Waals surface area contributed by atoms with E-state index in [1.165, 1.54) is 25.7 Å². The van der Waals surface area contributed by atoms with Crippen LogP contribution in [-0.2, 0) is 0 Å². The fraction of sp³-hybridized carbons (Fsp3) is 0.800. The standard InChI is InChI=1S/C10H17N/c1-2-9(11)10-7-5-3-4-6-8(7)10/h2,7-10H,1,3-6,11H2. The highest BCUT2D eigenvalue weighted by Crippen LogP contribution is 2.56. The van der Waals surface area contributed by atoms with E-state index >= 15 is 0 Å². The minimum absolute atomic E-state index is 0.281. The van der Waals surface area contributed by atoms with E-state index < -0.39 is 0 Å². The molecule has 0 radical (unpaired) electrons. The van der Waals surface area contributed by atoms with E-state index in [4.69, 9.17) is 5.73 Å². The number of hydrogen-bond donors (Lipinski definition) is 1. The molecular weight excluding hydrogens is 134 g/mol. The molecule has 0 aromatic heterocycles. The van der Waals surface area contributed by atoms with E-state index in [2.05, 4.69) is 6.58 Å². The molecule has 2 N–H and O–H groups in total. The molecule has 0 aromatic carbocycles. The summed E-state index contributed by atoms with van der Waals surface area (Å²) in [4.78, 5) is 0. The van der Waals surface area contributed by atoms with Gasteiger partial charge in [0.25, 0.3) is 0 Å². The Morgan fingerprint density at radius 1 is 1.27 bits per heavy atom. The molecule has 1 nitrogen and oxygen atoms in total. The van der Waals surface area contributed by atoms with Gasteiger partial charge in [0.1, 0.15) is 0 Å². The third-order valence-electron chi connectivity index (χ3n) is 3.44. The number of hydrogen-bond acceptors (Lipinski definition) is 1. The summed E-state index contributed by atoms with van der Waals surface area (Å²) in [5, 5.41) is 0. The van der Waals surface area contributed by atoms with Gasteiger partial charge in [-0.2, -0.15) is 0 Å². The second-order valence-electron chi connectivity index (χ2n) is 4.00. The molecule has 0 bridgehead atoms. The maximum absolute atomic E-state index is 5.92. The van der Waals surface area contributed by atoms with Gasteiger partial charge in [-0.05, 0) is 30.6 Å². The van der Waals surface area contributed by atoms with Gasteiger partial charge in [-0.15, -0.1) is 6.58 Å². The zero-order chi connectivity index (χ0) is 7.84. The zero-order valence-corrected chi connectivity index (χ0v) is 7.00. The van der Waals surface area contributed by atoms with Crippen molar-refractivity contribution in [1.29, 1.82) is 0 Å². The fourth-order valence-electron chi connectivity index (χ4n) is 2.78. The van der Waals surface area contributed by atoms with E-state index in [1.807, 2.05) is 6.08 Å². The third-order valence-corrected chi connectivity index (χ3v) is 3.44. The van der Waals surface area contributed by atoms with Crippen LogP contribution in [0.5, 0.6) is 0 Å². The van der Waals surface area contributed by atoms with E-state index in [-0.39, 0.29) is 6.04 Å². The Morgan fingerprint density at radius 2 is 1.82 bits per heavy atom. The topological polar surface area (TPSA) is 26.0 Å². The van der Waals surface area contributed by atoms with Gasteiger partial charge in [-0.25, -0.2) is 0 Å². The van der Waals surface area contributed by atoms with Crippen LogP contribution in [0.2, 0.25) is 0 Å². The summed E-state index contributed by atoms with van der Waals surface area (Å²) in [6, 6.07) is 0.281. The van der Waals surface area contributed by atoms with Crippen LogP contribution in [0, 0.1) is 17.8 Å². The van der Waals surface area contributed by atoms with Gasteiger partial charge in [-0.1, -0.05) is 18.9 Å². The molecule has 2 fully saturated rings. The molecule has 0 aliphatic heterocycles. The molecule has 0 saturated heterocycles. The minimum atomic E-state index is 0.281. The summed E-state index contributed by atoms with van der Waals surface area (Å²) in [7, 11) is 0. The van der Waals surface area contributed by atoms with Crippen molar-refractivity contribution in [2.24, 2.45) is 23.5 Å². The van der Waals surface area contributed by atoms with E-state index in [9.17, 15) is 0 Å². The highest BCUT2D eigenvalue weighted by molar-refractivity contribution is 5.08. The normalized spacial score (nSPS) is 44.3. The molecule has 0 amide bonds. The smallest absolute Gasteiger partial charge is 0.0255 e. The molecule has 0 aromatic rings. The van der Waals surface area contributed by atoms with Crippen LogP contribution >= 0.6 is 0 Å². The first-order chi connectivity index (χ1) is 5.34. The lowest BCUT2D eigenvalue weighted by Crippen LogP contribution is -2.20. The lowest BCUT2D eigenvalue weighted by Gasteiger charge is -2.04. The van der Waals surface area contributed by atoms with Gasteiger partial charge in [0, 0.05) is 6.04 Å². The highest BCUT2D eigenvalue weighted by atomic mass is 14.7. The Hall–Kier alpha value is -0.300. The minimum Gasteiger partial charge on any atom is -0.324 e. The van der Waals surface area contributed by atoms with Crippen molar-refractivity contribution in [1.82, 2.24) is 0 Å². The SMILES string of the molecule is C=CC(N)C1C2CCCCC21. The first-order valence-corrected chi connectivity index (χ1v) is 4.72. The van der Waals surface area contributed by atoms with Gasteiger partial charge in [0.05, 0.1) is 0 Å². The first kappa shape index (κ1) is 7.35. The van der Waals surface area contributed by atoms with Crippen LogP contribution in [0.4, 0.5) is 0 Å². The van der Waals surface area contributed by atoms with Gasteiger partial charge >= 0.3 is 0 Å². The third kappa shape index (κ3) is 1.12. The average molecular weight is 151 g/mol. The van der Waals surface area contributed by atoms with Crippen molar-refractivity contribution in [2.75, 3.05) is 0 Å². The molecule has 62 valence electrons. The zero-order valence-electron chi connectivity index (χ0n) is 7.00. The first-order valence-electron chi connectivity index (χ1n) is 4.72. The highest BCUT2D eigenvalue weighted by Gasteiger charge is 2.52. The van der Waals surface area contributed by atoms with Crippen molar-refractivity contribution >= 4 is 0 Å². The average Bonchev–Trinajstić information content (AvgIpc) is 2.77. The van der Waals surface area contributed by atoms with Gasteiger partial charge < -0.3 is 5.73 Å². The lowest BCUT2D eigenvalue weighted by atomic mass is 10.0. The maximum Gasteiger partial charge on any atom is 0.0255 e. The Morgan fingerprint density at radius 3 is 2.27 bits per heavy atom.